The molecule has 1 aliphatic heterocycles. The van der Waals surface area contributed by atoms with Crippen molar-refractivity contribution in [3.05, 3.63) is 107 Å². The van der Waals surface area contributed by atoms with Gasteiger partial charge in [-0.2, -0.15) is 0 Å². The number of hydrogen-bond donors (Lipinski definition) is 1. The highest BCUT2D eigenvalue weighted by Gasteiger charge is 2.31. The van der Waals surface area contributed by atoms with Crippen molar-refractivity contribution in [2.45, 2.75) is 13.0 Å². The smallest absolute Gasteiger partial charge is 0.259 e. The summed E-state index contributed by atoms with van der Waals surface area (Å²) in [5.41, 5.74) is 4.86. The van der Waals surface area contributed by atoms with Crippen molar-refractivity contribution in [3.8, 4) is 5.75 Å². The molecule has 3 aromatic carbocycles. The quantitative estimate of drug-likeness (QED) is 0.751. The minimum atomic E-state index is 0.0213. The fraction of sp³-hybridized carbons (Fsp3) is 0.0870. The molecule has 0 spiro atoms. The number of fused-ring (bicyclic) bond motifs is 1. The summed E-state index contributed by atoms with van der Waals surface area (Å²) in [7, 11) is 0. The molecule has 0 saturated carbocycles. The third-order valence-corrected chi connectivity index (χ3v) is 4.62. The number of phenolic OH excluding ortho intramolecular Hbond substituents is 1. The van der Waals surface area contributed by atoms with Gasteiger partial charge in [0.1, 0.15) is 5.75 Å². The van der Waals surface area contributed by atoms with Crippen molar-refractivity contribution < 1.29 is 9.90 Å². The Kier molecular flexibility index (Phi) is 4.28. The standard InChI is InChI=1S/C23H19NO2/c25-19-13-10-18(11-14-19)16-24-22(15-12-17-6-2-1-3-7-17)20-8-4-5-9-21(20)23(24)26/h1-11,13-15,25H,12,16H2. The zero-order valence-corrected chi connectivity index (χ0v) is 14.3. The molecule has 26 heavy (non-hydrogen) atoms. The van der Waals surface area contributed by atoms with Gasteiger partial charge < -0.3 is 10.0 Å². The molecule has 3 aromatic rings. The van der Waals surface area contributed by atoms with E-state index in [9.17, 15) is 9.90 Å². The van der Waals surface area contributed by atoms with E-state index in [1.807, 2.05) is 59.5 Å². The van der Waals surface area contributed by atoms with Gasteiger partial charge in [-0.1, -0.05) is 66.7 Å². The first-order valence-electron chi connectivity index (χ1n) is 8.65. The Hall–Kier alpha value is -3.33. The van der Waals surface area contributed by atoms with Gasteiger partial charge in [-0.3, -0.25) is 4.79 Å². The molecule has 0 unspecified atom stereocenters. The van der Waals surface area contributed by atoms with Gasteiger partial charge in [0.25, 0.3) is 5.91 Å². The van der Waals surface area contributed by atoms with Crippen LogP contribution in [0, 0.1) is 0 Å². The fourth-order valence-corrected chi connectivity index (χ4v) is 3.28. The van der Waals surface area contributed by atoms with Crippen LogP contribution < -0.4 is 0 Å². The normalized spacial score (nSPS) is 14.7. The van der Waals surface area contributed by atoms with Gasteiger partial charge in [0.2, 0.25) is 0 Å². The lowest BCUT2D eigenvalue weighted by Gasteiger charge is -2.19. The lowest BCUT2D eigenvalue weighted by atomic mass is 10.1. The summed E-state index contributed by atoms with van der Waals surface area (Å²) in [6.07, 6.45) is 2.89. The number of rotatable bonds is 4. The largest absolute Gasteiger partial charge is 0.508 e. The van der Waals surface area contributed by atoms with Gasteiger partial charge in [-0.25, -0.2) is 0 Å². The minimum Gasteiger partial charge on any atom is -0.508 e. The summed E-state index contributed by atoms with van der Waals surface area (Å²) >= 11 is 0. The van der Waals surface area contributed by atoms with Crippen LogP contribution in [0.2, 0.25) is 0 Å². The van der Waals surface area contributed by atoms with Crippen LogP contribution in [0.1, 0.15) is 27.0 Å². The van der Waals surface area contributed by atoms with Crippen molar-refractivity contribution in [1.29, 1.82) is 0 Å². The molecular weight excluding hydrogens is 322 g/mol. The second-order valence-corrected chi connectivity index (χ2v) is 6.38. The Bertz CT molecular complexity index is 959. The van der Waals surface area contributed by atoms with E-state index in [4.69, 9.17) is 0 Å². The lowest BCUT2D eigenvalue weighted by molar-refractivity contribution is 0.0843. The van der Waals surface area contributed by atoms with Crippen LogP contribution in [-0.2, 0) is 13.0 Å². The maximum atomic E-state index is 12.9. The van der Waals surface area contributed by atoms with Gasteiger partial charge in [0.15, 0.2) is 0 Å². The van der Waals surface area contributed by atoms with Crippen LogP contribution in [-0.4, -0.2) is 15.9 Å². The van der Waals surface area contributed by atoms with Crippen molar-refractivity contribution in [2.75, 3.05) is 0 Å². The number of hydrogen-bond acceptors (Lipinski definition) is 2. The van der Waals surface area contributed by atoms with E-state index in [-0.39, 0.29) is 11.7 Å². The molecule has 1 N–H and O–H groups in total. The fourth-order valence-electron chi connectivity index (χ4n) is 3.28. The number of allylic oxidation sites excluding steroid dienone is 1. The molecule has 0 saturated heterocycles. The number of carbonyl (C=O) groups excluding carboxylic acids is 1. The maximum Gasteiger partial charge on any atom is 0.259 e. The Morgan fingerprint density at radius 3 is 2.15 bits per heavy atom. The highest BCUT2D eigenvalue weighted by Crippen LogP contribution is 2.34. The predicted octanol–water partition coefficient (Wildman–Crippen LogP) is 4.63. The number of phenols is 1. The first-order valence-corrected chi connectivity index (χ1v) is 8.65. The summed E-state index contributed by atoms with van der Waals surface area (Å²) in [4.78, 5) is 14.7. The van der Waals surface area contributed by atoms with E-state index < -0.39 is 0 Å². The maximum absolute atomic E-state index is 12.9. The van der Waals surface area contributed by atoms with Crippen LogP contribution in [0.25, 0.3) is 5.70 Å². The third kappa shape index (κ3) is 3.11. The Labute approximate surface area is 152 Å². The van der Waals surface area contributed by atoms with Gasteiger partial charge in [-0.05, 0) is 35.7 Å². The number of carbonyl (C=O) groups is 1. The van der Waals surface area contributed by atoms with Crippen molar-refractivity contribution in [3.63, 3.8) is 0 Å². The van der Waals surface area contributed by atoms with Crippen molar-refractivity contribution in [2.24, 2.45) is 0 Å². The van der Waals surface area contributed by atoms with E-state index in [1.54, 1.807) is 12.1 Å². The van der Waals surface area contributed by atoms with E-state index in [0.29, 0.717) is 6.54 Å². The highest BCUT2D eigenvalue weighted by atomic mass is 16.3. The molecule has 3 heteroatoms. The summed E-state index contributed by atoms with van der Waals surface area (Å²) in [5, 5.41) is 9.48. The number of nitrogens with zero attached hydrogens (tertiary/aromatic N) is 1. The van der Waals surface area contributed by atoms with Crippen LogP contribution in [0.3, 0.4) is 0 Å². The molecule has 0 atom stereocenters. The summed E-state index contributed by atoms with van der Waals surface area (Å²) < 4.78 is 0. The molecule has 1 heterocycles. The van der Waals surface area contributed by atoms with Gasteiger partial charge >= 0.3 is 0 Å². The van der Waals surface area contributed by atoms with Crippen LogP contribution >= 0.6 is 0 Å². The molecule has 3 nitrogen and oxygen atoms in total. The van der Waals surface area contributed by atoms with Crippen LogP contribution in [0.5, 0.6) is 5.75 Å². The van der Waals surface area contributed by atoms with E-state index in [1.165, 1.54) is 5.56 Å². The lowest BCUT2D eigenvalue weighted by Crippen LogP contribution is -2.22. The molecule has 128 valence electrons. The first kappa shape index (κ1) is 16.2. The predicted molar refractivity (Wildman–Crippen MR) is 103 cm³/mol. The van der Waals surface area contributed by atoms with Gasteiger partial charge in [0, 0.05) is 16.8 Å². The van der Waals surface area contributed by atoms with Crippen LogP contribution in [0.15, 0.2) is 84.9 Å². The second-order valence-electron chi connectivity index (χ2n) is 6.38. The van der Waals surface area contributed by atoms with E-state index in [0.717, 1.165) is 28.8 Å². The Balaban J connectivity index is 1.68. The molecule has 1 amide bonds. The SMILES string of the molecule is O=C1c2ccccc2C(=CCc2ccccc2)N1Cc1ccc(O)cc1. The van der Waals surface area contributed by atoms with Crippen LogP contribution in [0.4, 0.5) is 0 Å². The molecule has 0 bridgehead atoms. The summed E-state index contributed by atoms with van der Waals surface area (Å²) in [6, 6.07) is 25.0. The number of benzene rings is 3. The molecule has 4 rings (SSSR count). The van der Waals surface area contributed by atoms with Gasteiger partial charge in [0.05, 0.1) is 6.54 Å². The Morgan fingerprint density at radius 1 is 0.769 bits per heavy atom. The Morgan fingerprint density at radius 2 is 1.42 bits per heavy atom. The second kappa shape index (κ2) is 6.89. The first-order chi connectivity index (χ1) is 12.7. The van der Waals surface area contributed by atoms with Crippen molar-refractivity contribution in [1.82, 2.24) is 4.90 Å². The summed E-state index contributed by atoms with van der Waals surface area (Å²) in [6.45, 7) is 0.481. The highest BCUT2D eigenvalue weighted by molar-refractivity contribution is 6.09. The van der Waals surface area contributed by atoms with Gasteiger partial charge in [-0.15, -0.1) is 0 Å². The molecule has 1 aliphatic rings. The number of aromatic hydroxyl groups is 1. The number of amides is 1. The third-order valence-electron chi connectivity index (χ3n) is 4.62. The molecule has 0 aliphatic carbocycles. The molecule has 0 fully saturated rings. The van der Waals surface area contributed by atoms with Crippen molar-refractivity contribution >= 4 is 11.6 Å². The average molecular weight is 341 g/mol. The zero-order chi connectivity index (χ0) is 17.9. The van der Waals surface area contributed by atoms with E-state index in [2.05, 4.69) is 18.2 Å². The monoisotopic (exact) mass is 341 g/mol. The molecule has 0 aromatic heterocycles. The van der Waals surface area contributed by atoms with E-state index >= 15 is 0 Å². The summed E-state index contributed by atoms with van der Waals surface area (Å²) in [5.74, 6) is 0.248. The topological polar surface area (TPSA) is 40.5 Å². The minimum absolute atomic E-state index is 0.0213. The molecule has 0 radical (unpaired) electrons. The zero-order valence-electron chi connectivity index (χ0n) is 14.3. The molecular formula is C23H19NO2. The average Bonchev–Trinajstić information content (AvgIpc) is 2.95.